The van der Waals surface area contributed by atoms with E-state index in [-0.39, 0.29) is 10.6 Å². The molecule has 182 valence electrons. The molecule has 0 radical (unpaired) electrons. The van der Waals surface area contributed by atoms with Gasteiger partial charge in [0.25, 0.3) is 0 Å². The SMILES string of the molecule is Cc1cccc(C)c1N1CCN(c2ncnc(N3CCN(c4ccccn4)CC3)c2[N+](=O)[O-])CC1. The summed E-state index contributed by atoms with van der Waals surface area (Å²) in [6.45, 7) is 9.87. The molecule has 0 aliphatic carbocycles. The Morgan fingerprint density at radius 2 is 1.26 bits per heavy atom. The van der Waals surface area contributed by atoms with Crippen molar-refractivity contribution in [3.05, 3.63) is 70.2 Å². The van der Waals surface area contributed by atoms with Crippen molar-refractivity contribution in [2.45, 2.75) is 13.8 Å². The Kier molecular flexibility index (Phi) is 6.35. The topological polar surface area (TPSA) is 94.8 Å². The summed E-state index contributed by atoms with van der Waals surface area (Å²) in [6, 6.07) is 12.2. The Balaban J connectivity index is 1.33. The van der Waals surface area contributed by atoms with E-state index in [4.69, 9.17) is 0 Å². The molecule has 4 heterocycles. The molecule has 0 unspecified atom stereocenters. The summed E-state index contributed by atoms with van der Waals surface area (Å²) >= 11 is 0. The van der Waals surface area contributed by atoms with Crippen molar-refractivity contribution in [1.82, 2.24) is 15.0 Å². The summed E-state index contributed by atoms with van der Waals surface area (Å²) < 4.78 is 0. The zero-order chi connectivity index (χ0) is 24.4. The molecule has 2 aliphatic rings. The largest absolute Gasteiger partial charge is 0.368 e. The lowest BCUT2D eigenvalue weighted by atomic mass is 10.1. The van der Waals surface area contributed by atoms with Gasteiger partial charge in [-0.15, -0.1) is 0 Å². The summed E-state index contributed by atoms with van der Waals surface area (Å²) in [5.74, 6) is 1.73. The molecule has 2 saturated heterocycles. The second-order valence-corrected chi connectivity index (χ2v) is 9.00. The van der Waals surface area contributed by atoms with Crippen LogP contribution in [0.15, 0.2) is 48.9 Å². The Morgan fingerprint density at radius 3 is 1.77 bits per heavy atom. The van der Waals surface area contributed by atoms with Crippen LogP contribution in [0.3, 0.4) is 0 Å². The van der Waals surface area contributed by atoms with Gasteiger partial charge in [-0.3, -0.25) is 10.1 Å². The van der Waals surface area contributed by atoms with E-state index in [0.717, 1.165) is 32.0 Å². The number of nitro groups is 1. The highest BCUT2D eigenvalue weighted by Gasteiger charge is 2.33. The van der Waals surface area contributed by atoms with Gasteiger partial charge in [0, 0.05) is 64.2 Å². The summed E-state index contributed by atoms with van der Waals surface area (Å²) in [5.41, 5.74) is 3.76. The maximum absolute atomic E-state index is 12.2. The molecule has 10 nitrogen and oxygen atoms in total. The first-order chi connectivity index (χ1) is 17.0. The fraction of sp³-hybridized carbons (Fsp3) is 0.400. The lowest BCUT2D eigenvalue weighted by Crippen LogP contribution is -2.48. The first-order valence-electron chi connectivity index (χ1n) is 12.0. The molecule has 5 rings (SSSR count). The molecule has 3 aromatic rings. The number of anilines is 4. The van der Waals surface area contributed by atoms with Crippen LogP contribution in [0.25, 0.3) is 0 Å². The summed E-state index contributed by atoms with van der Waals surface area (Å²) in [4.78, 5) is 33.7. The fourth-order valence-electron chi connectivity index (χ4n) is 5.12. The van der Waals surface area contributed by atoms with Gasteiger partial charge in [-0.05, 0) is 37.1 Å². The van der Waals surface area contributed by atoms with Gasteiger partial charge in [0.15, 0.2) is 0 Å². The smallest absolute Gasteiger partial charge is 0.353 e. The Labute approximate surface area is 205 Å². The quantitative estimate of drug-likeness (QED) is 0.408. The van der Waals surface area contributed by atoms with Crippen LogP contribution in [0, 0.1) is 24.0 Å². The second-order valence-electron chi connectivity index (χ2n) is 9.00. The average molecular weight is 475 g/mol. The van der Waals surface area contributed by atoms with Crippen molar-refractivity contribution >= 4 is 28.8 Å². The van der Waals surface area contributed by atoms with Gasteiger partial charge >= 0.3 is 5.69 Å². The highest BCUT2D eigenvalue weighted by atomic mass is 16.6. The van der Waals surface area contributed by atoms with Crippen molar-refractivity contribution < 1.29 is 4.92 Å². The van der Waals surface area contributed by atoms with Crippen LogP contribution in [-0.2, 0) is 0 Å². The van der Waals surface area contributed by atoms with E-state index < -0.39 is 0 Å². The van der Waals surface area contributed by atoms with Crippen LogP contribution in [0.5, 0.6) is 0 Å². The molecule has 0 atom stereocenters. The number of pyridine rings is 1. The van der Waals surface area contributed by atoms with Crippen molar-refractivity contribution in [2.24, 2.45) is 0 Å². The second kappa shape index (κ2) is 9.73. The van der Waals surface area contributed by atoms with Crippen molar-refractivity contribution in [3.8, 4) is 0 Å². The molecule has 2 aliphatic heterocycles. The van der Waals surface area contributed by atoms with Gasteiger partial charge in [-0.1, -0.05) is 24.3 Å². The molecule has 35 heavy (non-hydrogen) atoms. The Bertz CT molecular complexity index is 1170. The zero-order valence-corrected chi connectivity index (χ0v) is 20.2. The molecule has 0 saturated carbocycles. The van der Waals surface area contributed by atoms with Gasteiger partial charge in [0.05, 0.1) is 4.92 Å². The molecular formula is C25H30N8O2. The first-order valence-corrected chi connectivity index (χ1v) is 12.0. The number of para-hydroxylation sites is 1. The normalized spacial score (nSPS) is 16.5. The number of nitrogens with zero attached hydrogens (tertiary/aromatic N) is 8. The minimum atomic E-state index is -0.326. The van der Waals surface area contributed by atoms with E-state index in [0.29, 0.717) is 37.8 Å². The summed E-state index contributed by atoms with van der Waals surface area (Å²) in [5, 5.41) is 12.2. The van der Waals surface area contributed by atoms with E-state index >= 15 is 0 Å². The van der Waals surface area contributed by atoms with Crippen LogP contribution in [0.2, 0.25) is 0 Å². The van der Waals surface area contributed by atoms with Crippen LogP contribution in [-0.4, -0.2) is 72.2 Å². The van der Waals surface area contributed by atoms with E-state index in [1.165, 1.54) is 23.1 Å². The third kappa shape index (κ3) is 4.55. The van der Waals surface area contributed by atoms with Crippen LogP contribution in [0.4, 0.5) is 28.8 Å². The number of benzene rings is 1. The lowest BCUT2D eigenvalue weighted by molar-refractivity contribution is -0.383. The van der Waals surface area contributed by atoms with Gasteiger partial charge < -0.3 is 19.6 Å². The van der Waals surface area contributed by atoms with Crippen molar-refractivity contribution in [1.29, 1.82) is 0 Å². The first kappa shape index (κ1) is 22.8. The molecule has 2 aromatic heterocycles. The molecule has 0 spiro atoms. The minimum absolute atomic E-state index is 0.000640. The lowest BCUT2D eigenvalue weighted by Gasteiger charge is -2.38. The Morgan fingerprint density at radius 1 is 0.714 bits per heavy atom. The van der Waals surface area contributed by atoms with Gasteiger partial charge in [-0.2, -0.15) is 0 Å². The number of aromatic nitrogens is 3. The highest BCUT2D eigenvalue weighted by Crippen LogP contribution is 2.36. The molecule has 2 fully saturated rings. The number of hydrogen-bond donors (Lipinski definition) is 0. The van der Waals surface area contributed by atoms with E-state index in [9.17, 15) is 10.1 Å². The number of hydrogen-bond acceptors (Lipinski definition) is 9. The molecule has 10 heteroatoms. The predicted octanol–water partition coefficient (Wildman–Crippen LogP) is 3.05. The van der Waals surface area contributed by atoms with E-state index in [2.05, 4.69) is 56.8 Å². The van der Waals surface area contributed by atoms with E-state index in [1.54, 1.807) is 6.20 Å². The van der Waals surface area contributed by atoms with Crippen molar-refractivity contribution in [3.63, 3.8) is 0 Å². The summed E-state index contributed by atoms with van der Waals surface area (Å²) in [6.07, 6.45) is 3.24. The van der Waals surface area contributed by atoms with E-state index in [1.807, 2.05) is 28.0 Å². The third-order valence-corrected chi connectivity index (χ3v) is 6.85. The van der Waals surface area contributed by atoms with Crippen molar-refractivity contribution in [2.75, 3.05) is 72.0 Å². The highest BCUT2D eigenvalue weighted by molar-refractivity contribution is 5.72. The van der Waals surface area contributed by atoms with Crippen LogP contribution < -0.4 is 19.6 Å². The molecular weight excluding hydrogens is 444 g/mol. The minimum Gasteiger partial charge on any atom is -0.368 e. The number of rotatable bonds is 5. The molecule has 0 bridgehead atoms. The van der Waals surface area contributed by atoms with Gasteiger partial charge in [-0.25, -0.2) is 15.0 Å². The Hall–Kier alpha value is -3.95. The predicted molar refractivity (Wildman–Crippen MR) is 138 cm³/mol. The summed E-state index contributed by atoms with van der Waals surface area (Å²) in [7, 11) is 0. The maximum atomic E-state index is 12.2. The molecule has 0 N–H and O–H groups in total. The number of piperazine rings is 2. The monoisotopic (exact) mass is 474 g/mol. The number of aryl methyl sites for hydroxylation is 2. The van der Waals surface area contributed by atoms with Gasteiger partial charge in [0.1, 0.15) is 12.1 Å². The zero-order valence-electron chi connectivity index (χ0n) is 20.2. The standard InChI is InChI=1S/C25H30N8O2/c1-19-6-5-7-20(2)22(19)30-12-16-32(17-13-30)25-23(33(34)35)24(27-18-28-25)31-14-10-29(11-15-31)21-8-3-4-9-26-21/h3-9,18H,10-17H2,1-2H3. The average Bonchev–Trinajstić information content (AvgIpc) is 2.89. The van der Waals surface area contributed by atoms with Gasteiger partial charge in [0.2, 0.25) is 11.6 Å². The fourth-order valence-corrected chi connectivity index (χ4v) is 5.12. The molecule has 0 amide bonds. The molecule has 1 aromatic carbocycles. The third-order valence-electron chi connectivity index (χ3n) is 6.85. The van der Waals surface area contributed by atoms with Crippen LogP contribution >= 0.6 is 0 Å². The van der Waals surface area contributed by atoms with Crippen LogP contribution in [0.1, 0.15) is 11.1 Å². The maximum Gasteiger partial charge on any atom is 0.353 e.